The second kappa shape index (κ2) is 7.34. The number of H-pyrrole nitrogens is 1. The molecule has 0 atom stereocenters. The van der Waals surface area contributed by atoms with Gasteiger partial charge in [-0.2, -0.15) is 15.4 Å². The molecule has 0 aliphatic rings. The summed E-state index contributed by atoms with van der Waals surface area (Å²) in [5.41, 5.74) is 1.70. The fourth-order valence-corrected chi connectivity index (χ4v) is 3.67. The third-order valence-electron chi connectivity index (χ3n) is 3.27. The van der Waals surface area contributed by atoms with Gasteiger partial charge in [0.05, 0.1) is 19.9 Å². The first kappa shape index (κ1) is 18.5. The summed E-state index contributed by atoms with van der Waals surface area (Å²) in [7, 11) is -2.25. The van der Waals surface area contributed by atoms with E-state index in [0.29, 0.717) is 16.7 Å². The Labute approximate surface area is 145 Å². The lowest BCUT2D eigenvalue weighted by molar-refractivity contribution is -0.116. The molecule has 0 unspecified atom stereocenters. The number of imide groups is 1. The van der Waals surface area contributed by atoms with E-state index >= 15 is 0 Å². The van der Waals surface area contributed by atoms with E-state index in [0.717, 1.165) is 0 Å². The molecule has 1 aromatic heterocycles. The maximum atomic E-state index is 12.4. The average molecular weight is 363 g/mol. The van der Waals surface area contributed by atoms with E-state index in [1.54, 1.807) is 25.1 Å². The molecule has 134 valence electrons. The minimum atomic E-state index is -2.25. The Morgan fingerprint density at radius 1 is 1.24 bits per heavy atom. The zero-order chi connectivity index (χ0) is 18.6. The van der Waals surface area contributed by atoms with Crippen LogP contribution in [0.3, 0.4) is 0 Å². The standard InChI is InChI=1S/C15H21N5O4Si/c1-5-24-14(22)12(25(2,3)4)13(21)17-15(23)16-9-6-7-10-11(8-9)19-20-18-10/h6-8,22H,5H2,1-4H3,(H,18,19,20)(H2,16,17,21,23)/b14-12-. The molecule has 1 heterocycles. The Morgan fingerprint density at radius 2 is 1.92 bits per heavy atom. The van der Waals surface area contributed by atoms with E-state index in [4.69, 9.17) is 4.74 Å². The minimum absolute atomic E-state index is 0.122. The Balaban J connectivity index is 2.12. The van der Waals surface area contributed by atoms with Crippen molar-refractivity contribution in [2.75, 3.05) is 11.9 Å². The number of urea groups is 1. The van der Waals surface area contributed by atoms with Crippen LogP contribution in [0.4, 0.5) is 10.5 Å². The summed E-state index contributed by atoms with van der Waals surface area (Å²) < 4.78 is 5.05. The molecule has 1 aromatic carbocycles. The van der Waals surface area contributed by atoms with Gasteiger partial charge in [-0.1, -0.05) is 19.6 Å². The number of aliphatic hydroxyl groups excluding tert-OH is 1. The number of nitrogens with zero attached hydrogens (tertiary/aromatic N) is 2. The quantitative estimate of drug-likeness (QED) is 0.366. The Hall–Kier alpha value is -2.88. The molecule has 0 aliphatic carbocycles. The van der Waals surface area contributed by atoms with E-state index in [2.05, 4.69) is 26.0 Å². The second-order valence-corrected chi connectivity index (χ2v) is 11.3. The monoisotopic (exact) mass is 363 g/mol. The molecule has 0 saturated heterocycles. The van der Waals surface area contributed by atoms with Crippen molar-refractivity contribution in [2.45, 2.75) is 26.6 Å². The number of hydrogen-bond acceptors (Lipinski definition) is 6. The van der Waals surface area contributed by atoms with E-state index in [1.165, 1.54) is 0 Å². The van der Waals surface area contributed by atoms with Gasteiger partial charge >= 0.3 is 6.03 Å². The van der Waals surface area contributed by atoms with Crippen molar-refractivity contribution in [3.05, 3.63) is 29.3 Å². The van der Waals surface area contributed by atoms with Gasteiger partial charge in [0.15, 0.2) is 0 Å². The van der Waals surface area contributed by atoms with Crippen LogP contribution in [0.15, 0.2) is 29.3 Å². The lowest BCUT2D eigenvalue weighted by Crippen LogP contribution is -2.42. The number of aromatic nitrogens is 3. The molecule has 9 nitrogen and oxygen atoms in total. The molecule has 0 fully saturated rings. The molecular weight excluding hydrogens is 342 g/mol. The summed E-state index contributed by atoms with van der Waals surface area (Å²) in [5.74, 6) is -1.11. The molecular formula is C15H21N5O4Si. The van der Waals surface area contributed by atoms with Crippen molar-refractivity contribution in [2.24, 2.45) is 0 Å². The van der Waals surface area contributed by atoms with Gasteiger partial charge in [-0.3, -0.25) is 10.1 Å². The summed E-state index contributed by atoms with van der Waals surface area (Å²) in [4.78, 5) is 24.5. The summed E-state index contributed by atoms with van der Waals surface area (Å²) in [6.45, 7) is 7.52. The number of aliphatic hydroxyl groups is 1. The molecule has 25 heavy (non-hydrogen) atoms. The first-order chi connectivity index (χ1) is 11.7. The molecule has 0 aliphatic heterocycles. The van der Waals surface area contributed by atoms with E-state index in [1.807, 2.05) is 19.6 Å². The Bertz CT molecular complexity index is 825. The third-order valence-corrected chi connectivity index (χ3v) is 5.21. The van der Waals surface area contributed by atoms with Crippen molar-refractivity contribution in [3.8, 4) is 0 Å². The highest BCUT2D eigenvalue weighted by atomic mass is 28.3. The number of ether oxygens (including phenoxy) is 1. The number of rotatable bonds is 5. The van der Waals surface area contributed by atoms with Crippen LogP contribution in [-0.4, -0.2) is 47.1 Å². The highest BCUT2D eigenvalue weighted by Crippen LogP contribution is 2.19. The number of benzene rings is 1. The number of amides is 3. The predicted octanol–water partition coefficient (Wildman–Crippen LogP) is 2.29. The maximum absolute atomic E-state index is 12.4. The molecule has 0 radical (unpaired) electrons. The number of hydrogen-bond donors (Lipinski definition) is 4. The number of anilines is 1. The van der Waals surface area contributed by atoms with Crippen LogP contribution in [0.25, 0.3) is 11.0 Å². The fourth-order valence-electron chi connectivity index (χ4n) is 2.21. The van der Waals surface area contributed by atoms with E-state index < -0.39 is 26.0 Å². The topological polar surface area (TPSA) is 129 Å². The highest BCUT2D eigenvalue weighted by Gasteiger charge is 2.32. The van der Waals surface area contributed by atoms with Gasteiger partial charge in [-0.05, 0) is 25.1 Å². The second-order valence-electron chi connectivity index (χ2n) is 6.30. The molecule has 2 rings (SSSR count). The fraction of sp³-hybridized carbons (Fsp3) is 0.333. The van der Waals surface area contributed by atoms with Crippen molar-refractivity contribution >= 4 is 36.7 Å². The number of carbonyl (C=O) groups excluding carboxylic acids is 2. The van der Waals surface area contributed by atoms with Gasteiger partial charge in [-0.15, -0.1) is 0 Å². The first-order valence-corrected chi connectivity index (χ1v) is 11.2. The van der Waals surface area contributed by atoms with Crippen molar-refractivity contribution in [3.63, 3.8) is 0 Å². The van der Waals surface area contributed by atoms with Crippen LogP contribution in [-0.2, 0) is 9.53 Å². The van der Waals surface area contributed by atoms with Gasteiger partial charge in [0.25, 0.3) is 11.9 Å². The Morgan fingerprint density at radius 3 is 2.56 bits per heavy atom. The Kier molecular flexibility index (Phi) is 5.42. The third kappa shape index (κ3) is 4.56. The van der Waals surface area contributed by atoms with Gasteiger partial charge in [0, 0.05) is 5.69 Å². The average Bonchev–Trinajstić information content (AvgIpc) is 2.93. The van der Waals surface area contributed by atoms with Gasteiger partial charge in [0.1, 0.15) is 11.0 Å². The van der Waals surface area contributed by atoms with Crippen LogP contribution in [0, 0.1) is 0 Å². The van der Waals surface area contributed by atoms with Crippen molar-refractivity contribution < 1.29 is 19.4 Å². The number of carbonyl (C=O) groups is 2. The molecule has 0 saturated carbocycles. The number of fused-ring (bicyclic) bond motifs is 1. The maximum Gasteiger partial charge on any atom is 0.326 e. The van der Waals surface area contributed by atoms with Crippen LogP contribution in [0.1, 0.15) is 6.92 Å². The van der Waals surface area contributed by atoms with Crippen molar-refractivity contribution in [1.82, 2.24) is 20.7 Å². The predicted molar refractivity (Wildman–Crippen MR) is 95.7 cm³/mol. The number of aromatic amines is 1. The van der Waals surface area contributed by atoms with Crippen LogP contribution in [0.2, 0.25) is 19.6 Å². The lowest BCUT2D eigenvalue weighted by atomic mass is 10.3. The van der Waals surface area contributed by atoms with Gasteiger partial charge < -0.3 is 15.2 Å². The van der Waals surface area contributed by atoms with Gasteiger partial charge in [0.2, 0.25) is 0 Å². The van der Waals surface area contributed by atoms with Crippen LogP contribution in [0.5, 0.6) is 0 Å². The highest BCUT2D eigenvalue weighted by molar-refractivity contribution is 6.87. The minimum Gasteiger partial charge on any atom is -0.481 e. The first-order valence-electron chi connectivity index (χ1n) is 7.71. The zero-order valence-corrected chi connectivity index (χ0v) is 15.5. The van der Waals surface area contributed by atoms with Crippen molar-refractivity contribution in [1.29, 1.82) is 0 Å². The molecule has 10 heteroatoms. The summed E-state index contributed by atoms with van der Waals surface area (Å²) in [6, 6.07) is 4.23. The van der Waals surface area contributed by atoms with Crippen LogP contribution < -0.4 is 10.6 Å². The molecule has 4 N–H and O–H groups in total. The normalized spacial score (nSPS) is 12.5. The molecule has 3 amide bonds. The summed E-state index contributed by atoms with van der Waals surface area (Å²) >= 11 is 0. The smallest absolute Gasteiger partial charge is 0.326 e. The summed E-state index contributed by atoms with van der Waals surface area (Å²) in [5, 5.41) is 25.2. The van der Waals surface area contributed by atoms with E-state index in [-0.39, 0.29) is 11.8 Å². The van der Waals surface area contributed by atoms with Gasteiger partial charge in [-0.25, -0.2) is 4.79 Å². The number of nitrogens with one attached hydrogen (secondary N) is 3. The molecule has 2 aromatic rings. The van der Waals surface area contributed by atoms with Crippen LogP contribution >= 0.6 is 0 Å². The molecule has 0 spiro atoms. The largest absolute Gasteiger partial charge is 0.481 e. The lowest BCUT2D eigenvalue weighted by Gasteiger charge is -2.21. The SMILES string of the molecule is CCO/C(O)=C(/C(=O)NC(=O)Nc1ccc2n[nH]nc2c1)[Si](C)(C)C. The zero-order valence-electron chi connectivity index (χ0n) is 14.5. The molecule has 0 bridgehead atoms. The summed E-state index contributed by atoms with van der Waals surface area (Å²) in [6.07, 6.45) is 0. The van der Waals surface area contributed by atoms with E-state index in [9.17, 15) is 14.7 Å².